The maximum absolute atomic E-state index is 13.9. The van der Waals surface area contributed by atoms with Crippen molar-refractivity contribution in [1.29, 1.82) is 0 Å². The minimum atomic E-state index is -0.271. The van der Waals surface area contributed by atoms with Gasteiger partial charge in [-0.2, -0.15) is 5.10 Å². The maximum Gasteiger partial charge on any atom is 0.306 e. The number of Topliss-reactive ketones (excluding diaryl/α,β-unsaturated/α-hetero) is 1. The van der Waals surface area contributed by atoms with Crippen LogP contribution in [0.2, 0.25) is 0 Å². The van der Waals surface area contributed by atoms with E-state index in [0.717, 1.165) is 49.0 Å². The first-order valence-corrected chi connectivity index (χ1v) is 14.9. The number of hydrogen-bond acceptors (Lipinski definition) is 5. The molecule has 1 unspecified atom stereocenters. The van der Waals surface area contributed by atoms with Crippen LogP contribution in [-0.2, 0) is 26.9 Å². The smallest absolute Gasteiger partial charge is 0.306 e. The van der Waals surface area contributed by atoms with E-state index < -0.39 is 0 Å². The molecule has 0 saturated heterocycles. The zero-order valence-corrected chi connectivity index (χ0v) is 24.8. The molecule has 0 spiro atoms. The van der Waals surface area contributed by atoms with Crippen molar-refractivity contribution in [2.45, 2.75) is 103 Å². The van der Waals surface area contributed by atoms with Gasteiger partial charge in [-0.3, -0.25) is 9.59 Å². The van der Waals surface area contributed by atoms with E-state index in [4.69, 9.17) is 4.74 Å². The van der Waals surface area contributed by atoms with Crippen molar-refractivity contribution in [3.05, 3.63) is 83.0 Å². The van der Waals surface area contributed by atoms with E-state index in [9.17, 15) is 9.59 Å². The normalized spacial score (nSPS) is 16.2. The van der Waals surface area contributed by atoms with E-state index >= 15 is 0 Å². The van der Waals surface area contributed by atoms with Crippen molar-refractivity contribution in [2.75, 3.05) is 11.9 Å². The van der Waals surface area contributed by atoms with E-state index in [0.29, 0.717) is 31.4 Å². The average molecular weight is 544 g/mol. The van der Waals surface area contributed by atoms with Gasteiger partial charge in [-0.15, -0.1) is 0 Å². The van der Waals surface area contributed by atoms with Crippen molar-refractivity contribution < 1.29 is 14.3 Å². The summed E-state index contributed by atoms with van der Waals surface area (Å²) in [6, 6.07) is 19.0. The van der Waals surface area contributed by atoms with Crippen LogP contribution in [-0.4, -0.2) is 28.1 Å². The van der Waals surface area contributed by atoms with Crippen LogP contribution in [0.4, 0.5) is 5.82 Å². The number of aryl methyl sites for hydroxylation is 1. The number of ether oxygens (including phenoxy) is 1. The Balaban J connectivity index is 1.50. The average Bonchev–Trinajstić information content (AvgIpc) is 3.41. The number of carbonyl (C=O) groups excluding carboxylic acids is 2. The van der Waals surface area contributed by atoms with Crippen LogP contribution in [0.1, 0.15) is 113 Å². The summed E-state index contributed by atoms with van der Waals surface area (Å²) >= 11 is 0. The van der Waals surface area contributed by atoms with Gasteiger partial charge in [-0.25, -0.2) is 4.68 Å². The Morgan fingerprint density at radius 2 is 1.75 bits per heavy atom. The second-order valence-corrected chi connectivity index (χ2v) is 11.8. The Hall–Kier alpha value is -3.41. The molecule has 0 amide bonds. The molecule has 4 rings (SSSR count). The van der Waals surface area contributed by atoms with Gasteiger partial charge in [0.1, 0.15) is 5.82 Å². The van der Waals surface area contributed by atoms with Crippen LogP contribution < -0.4 is 5.32 Å². The van der Waals surface area contributed by atoms with E-state index in [1.807, 2.05) is 10.7 Å². The minimum Gasteiger partial charge on any atom is -0.466 e. The van der Waals surface area contributed by atoms with Gasteiger partial charge in [0, 0.05) is 18.3 Å². The molecule has 1 aromatic heterocycles. The monoisotopic (exact) mass is 543 g/mol. The van der Waals surface area contributed by atoms with E-state index in [2.05, 4.69) is 93.6 Å². The Bertz CT molecular complexity index is 1270. The van der Waals surface area contributed by atoms with Crippen LogP contribution in [0.15, 0.2) is 60.8 Å². The van der Waals surface area contributed by atoms with Gasteiger partial charge in [0.2, 0.25) is 0 Å². The van der Waals surface area contributed by atoms with Gasteiger partial charge < -0.3 is 10.1 Å². The van der Waals surface area contributed by atoms with Gasteiger partial charge in [0.15, 0.2) is 5.78 Å². The number of ketones is 1. The number of hydrogen-bond donors (Lipinski definition) is 1. The molecule has 0 fully saturated rings. The molecule has 6 nitrogen and oxygen atoms in total. The van der Waals surface area contributed by atoms with Crippen LogP contribution in [0.3, 0.4) is 0 Å². The van der Waals surface area contributed by atoms with Crippen LogP contribution in [0.5, 0.6) is 0 Å². The fraction of sp³-hybridized carbons (Fsp3) is 0.500. The largest absolute Gasteiger partial charge is 0.466 e. The quantitative estimate of drug-likeness (QED) is 0.135. The number of benzene rings is 2. The number of rotatable bonds is 13. The molecule has 214 valence electrons. The predicted molar refractivity (Wildman–Crippen MR) is 161 cm³/mol. The van der Waals surface area contributed by atoms with Crippen LogP contribution >= 0.6 is 0 Å². The van der Waals surface area contributed by atoms with Crippen LogP contribution in [0, 0.1) is 0 Å². The van der Waals surface area contributed by atoms with Gasteiger partial charge in [0.05, 0.1) is 29.9 Å². The van der Waals surface area contributed by atoms with E-state index in [-0.39, 0.29) is 28.7 Å². The van der Waals surface area contributed by atoms with Crippen molar-refractivity contribution in [3.8, 4) is 0 Å². The van der Waals surface area contributed by atoms with Gasteiger partial charge >= 0.3 is 5.97 Å². The maximum atomic E-state index is 13.9. The lowest BCUT2D eigenvalue weighted by molar-refractivity contribution is -0.143. The first-order valence-electron chi connectivity index (χ1n) is 14.9. The van der Waals surface area contributed by atoms with Crippen molar-refractivity contribution >= 4 is 17.6 Å². The van der Waals surface area contributed by atoms with Crippen molar-refractivity contribution in [2.24, 2.45) is 0 Å². The standard InChI is InChI=1S/C34H45N3O3/c1-6-9-21-40-31(39)20-17-25-15-18-27(19-16-25)34(7-2,8-3)23-30(38)28-24-35-37-32(28)36-29(22-33(37,4)5)26-13-11-10-12-14-26/h10-16,18-19,24,29,36H,6-9,17,20-23H2,1-5H3. The SMILES string of the molecule is CCCCOC(=O)CCc1ccc(C(CC)(CC)CC(=O)c2cnn3c2NC(c2ccccc2)CC3(C)C)cc1. The first kappa shape index (κ1) is 29.6. The number of anilines is 1. The molecule has 0 bridgehead atoms. The Labute approximate surface area is 239 Å². The highest BCUT2D eigenvalue weighted by atomic mass is 16.5. The molecular formula is C34H45N3O3. The number of nitrogens with zero attached hydrogens (tertiary/aromatic N) is 2. The second-order valence-electron chi connectivity index (χ2n) is 11.8. The van der Waals surface area contributed by atoms with Gasteiger partial charge in [-0.05, 0) is 62.6 Å². The molecule has 1 atom stereocenters. The Morgan fingerprint density at radius 3 is 2.40 bits per heavy atom. The molecule has 1 N–H and O–H groups in total. The molecule has 2 aromatic carbocycles. The summed E-state index contributed by atoms with van der Waals surface area (Å²) in [6.07, 6.45) is 7.71. The number of nitrogens with one attached hydrogen (secondary N) is 1. The molecule has 0 saturated carbocycles. The number of carbonyl (C=O) groups is 2. The molecule has 40 heavy (non-hydrogen) atoms. The summed E-state index contributed by atoms with van der Waals surface area (Å²) in [4.78, 5) is 26.0. The van der Waals surface area contributed by atoms with Gasteiger partial charge in [-0.1, -0.05) is 81.8 Å². The lowest BCUT2D eigenvalue weighted by Gasteiger charge is -2.38. The highest BCUT2D eigenvalue weighted by Crippen LogP contribution is 2.42. The molecule has 2 heterocycles. The highest BCUT2D eigenvalue weighted by molar-refractivity contribution is 6.01. The number of fused-ring (bicyclic) bond motifs is 1. The second kappa shape index (κ2) is 12.8. The summed E-state index contributed by atoms with van der Waals surface area (Å²) in [5.74, 6) is 0.786. The lowest BCUT2D eigenvalue weighted by atomic mass is 9.71. The topological polar surface area (TPSA) is 73.2 Å². The third-order valence-corrected chi connectivity index (χ3v) is 8.66. The molecule has 0 aliphatic carbocycles. The summed E-state index contributed by atoms with van der Waals surface area (Å²) in [5.41, 5.74) is 3.66. The zero-order valence-electron chi connectivity index (χ0n) is 24.8. The lowest BCUT2D eigenvalue weighted by Crippen LogP contribution is -2.38. The molecule has 6 heteroatoms. The summed E-state index contributed by atoms with van der Waals surface area (Å²) in [5, 5.41) is 8.33. The third kappa shape index (κ3) is 6.48. The molecular weight excluding hydrogens is 498 g/mol. The molecule has 1 aliphatic heterocycles. The summed E-state index contributed by atoms with van der Waals surface area (Å²) < 4.78 is 7.28. The number of esters is 1. The number of unbranched alkanes of at least 4 members (excludes halogenated alkanes) is 1. The predicted octanol–water partition coefficient (Wildman–Crippen LogP) is 7.78. The van der Waals surface area contributed by atoms with Crippen molar-refractivity contribution in [3.63, 3.8) is 0 Å². The summed E-state index contributed by atoms with van der Waals surface area (Å²) in [6.45, 7) is 11.3. The highest BCUT2D eigenvalue weighted by Gasteiger charge is 2.38. The van der Waals surface area contributed by atoms with Gasteiger partial charge in [0.25, 0.3) is 0 Å². The van der Waals surface area contributed by atoms with E-state index in [1.54, 1.807) is 6.20 Å². The third-order valence-electron chi connectivity index (χ3n) is 8.66. The number of aromatic nitrogens is 2. The zero-order chi connectivity index (χ0) is 28.8. The Kier molecular flexibility index (Phi) is 9.49. The fourth-order valence-corrected chi connectivity index (χ4v) is 5.93. The van der Waals surface area contributed by atoms with Crippen LogP contribution in [0.25, 0.3) is 0 Å². The summed E-state index contributed by atoms with van der Waals surface area (Å²) in [7, 11) is 0. The van der Waals surface area contributed by atoms with E-state index in [1.165, 1.54) is 5.56 Å². The molecule has 1 aliphatic rings. The fourth-order valence-electron chi connectivity index (χ4n) is 5.93. The first-order chi connectivity index (χ1) is 19.2. The van der Waals surface area contributed by atoms with Crippen molar-refractivity contribution in [1.82, 2.24) is 9.78 Å². The molecule has 3 aromatic rings. The minimum absolute atomic E-state index is 0.112. The Morgan fingerprint density at radius 1 is 1.05 bits per heavy atom. The molecule has 0 radical (unpaired) electrons.